The topological polar surface area (TPSA) is 64.6 Å². The van der Waals surface area contributed by atoms with Gasteiger partial charge in [-0.05, 0) is 57.2 Å². The smallest absolute Gasteiger partial charge is 0.321 e. The van der Waals surface area contributed by atoms with E-state index in [4.69, 9.17) is 4.98 Å². The number of hydrogen-bond acceptors (Lipinski definition) is 5. The predicted molar refractivity (Wildman–Crippen MR) is 122 cm³/mol. The number of carbonyl (C=O) groups is 1. The molecule has 0 aliphatic carbocycles. The van der Waals surface area contributed by atoms with Gasteiger partial charge in [0.25, 0.3) is 0 Å². The lowest BCUT2D eigenvalue weighted by molar-refractivity contribution is 0.208. The van der Waals surface area contributed by atoms with Crippen molar-refractivity contribution in [3.63, 3.8) is 0 Å². The number of amides is 2. The highest BCUT2D eigenvalue weighted by atomic mass is 16.2. The third kappa shape index (κ3) is 4.50. The Bertz CT molecular complexity index is 901. The fourth-order valence-electron chi connectivity index (χ4n) is 4.15. The van der Waals surface area contributed by atoms with E-state index in [-0.39, 0.29) is 6.03 Å². The van der Waals surface area contributed by atoms with Gasteiger partial charge in [0, 0.05) is 56.7 Å². The lowest BCUT2D eigenvalue weighted by Crippen LogP contribution is -2.50. The lowest BCUT2D eigenvalue weighted by atomic mass is 10.1. The Morgan fingerprint density at radius 1 is 0.900 bits per heavy atom. The molecule has 30 heavy (non-hydrogen) atoms. The Morgan fingerprint density at radius 2 is 1.63 bits per heavy atom. The molecule has 160 valence electrons. The fraction of sp³-hybridized carbons (Fsp3) is 0.522. The minimum Gasteiger partial charge on any atom is -0.356 e. The molecule has 0 saturated carbocycles. The van der Waals surface area contributed by atoms with Gasteiger partial charge in [-0.15, -0.1) is 0 Å². The van der Waals surface area contributed by atoms with E-state index in [0.717, 1.165) is 54.9 Å². The van der Waals surface area contributed by atoms with Crippen LogP contribution < -0.4 is 15.1 Å². The zero-order valence-electron chi connectivity index (χ0n) is 18.3. The molecule has 7 nitrogen and oxygen atoms in total. The molecule has 2 aliphatic rings. The lowest BCUT2D eigenvalue weighted by Gasteiger charge is -2.35. The predicted octanol–water partition coefficient (Wildman–Crippen LogP) is 3.75. The molecule has 1 aromatic heterocycles. The molecule has 4 rings (SSSR count). The number of carbonyl (C=O) groups excluding carboxylic acids is 1. The van der Waals surface area contributed by atoms with Crippen LogP contribution >= 0.6 is 0 Å². The summed E-state index contributed by atoms with van der Waals surface area (Å²) in [5, 5.41) is 3.07. The summed E-state index contributed by atoms with van der Waals surface area (Å²) in [6, 6.07) is 8.04. The molecule has 0 unspecified atom stereocenters. The van der Waals surface area contributed by atoms with Crippen molar-refractivity contribution in [1.29, 1.82) is 0 Å². The van der Waals surface area contributed by atoms with Crippen molar-refractivity contribution in [2.24, 2.45) is 0 Å². The second-order valence-electron chi connectivity index (χ2n) is 8.37. The number of benzene rings is 1. The van der Waals surface area contributed by atoms with Crippen molar-refractivity contribution in [2.75, 3.05) is 54.4 Å². The van der Waals surface area contributed by atoms with E-state index in [2.05, 4.69) is 39.2 Å². The fourth-order valence-corrected chi connectivity index (χ4v) is 4.15. The summed E-state index contributed by atoms with van der Waals surface area (Å²) >= 11 is 0. The molecule has 2 aliphatic heterocycles. The van der Waals surface area contributed by atoms with Crippen molar-refractivity contribution in [1.82, 2.24) is 14.9 Å². The minimum absolute atomic E-state index is 0.0393. The van der Waals surface area contributed by atoms with Gasteiger partial charge in [-0.1, -0.05) is 12.1 Å². The van der Waals surface area contributed by atoms with Crippen LogP contribution in [0.5, 0.6) is 0 Å². The van der Waals surface area contributed by atoms with Gasteiger partial charge in [-0.25, -0.2) is 9.78 Å². The highest BCUT2D eigenvalue weighted by Crippen LogP contribution is 2.23. The highest BCUT2D eigenvalue weighted by Gasteiger charge is 2.24. The van der Waals surface area contributed by atoms with Crippen LogP contribution in [0.1, 0.15) is 36.1 Å². The maximum absolute atomic E-state index is 12.7. The summed E-state index contributed by atoms with van der Waals surface area (Å²) in [7, 11) is 0. The number of anilines is 3. The Labute approximate surface area is 179 Å². The van der Waals surface area contributed by atoms with Gasteiger partial charge in [0.15, 0.2) is 0 Å². The zero-order chi connectivity index (χ0) is 21.1. The molecule has 0 atom stereocenters. The molecule has 0 radical (unpaired) electrons. The summed E-state index contributed by atoms with van der Waals surface area (Å²) in [5.74, 6) is 1.82. The molecule has 0 bridgehead atoms. The molecule has 2 saturated heterocycles. The van der Waals surface area contributed by atoms with E-state index in [9.17, 15) is 4.79 Å². The van der Waals surface area contributed by atoms with Gasteiger partial charge in [0.05, 0.1) is 0 Å². The Morgan fingerprint density at radius 3 is 2.37 bits per heavy atom. The van der Waals surface area contributed by atoms with Gasteiger partial charge < -0.3 is 20.0 Å². The number of hydrogen-bond donors (Lipinski definition) is 1. The van der Waals surface area contributed by atoms with Crippen LogP contribution in [0.4, 0.5) is 22.2 Å². The van der Waals surface area contributed by atoms with Crippen LogP contribution in [0, 0.1) is 20.8 Å². The molecule has 0 spiro atoms. The summed E-state index contributed by atoms with van der Waals surface area (Å²) < 4.78 is 0. The third-order valence-electron chi connectivity index (χ3n) is 6.20. The monoisotopic (exact) mass is 408 g/mol. The summed E-state index contributed by atoms with van der Waals surface area (Å²) in [5.41, 5.74) is 4.17. The standard InChI is InChI=1S/C23H32N6O/c1-17-8-7-9-20(19(17)3)25-23(30)29-14-12-28(13-15-29)22-24-18(2)16-21(26-22)27-10-5-4-6-11-27/h7-9,16H,4-6,10-15H2,1-3H3,(H,25,30). The SMILES string of the molecule is Cc1cc(N2CCCCC2)nc(N2CCN(C(=O)Nc3cccc(C)c3C)CC2)n1. The largest absolute Gasteiger partial charge is 0.356 e. The molecule has 2 amide bonds. The second kappa shape index (κ2) is 8.90. The maximum Gasteiger partial charge on any atom is 0.321 e. The molecule has 1 aromatic carbocycles. The summed E-state index contributed by atoms with van der Waals surface area (Å²) in [6.45, 7) is 11.1. The van der Waals surface area contributed by atoms with E-state index in [0.29, 0.717) is 13.1 Å². The first-order valence-corrected chi connectivity index (χ1v) is 11.0. The van der Waals surface area contributed by atoms with Crippen LogP contribution in [-0.2, 0) is 0 Å². The molecule has 1 N–H and O–H groups in total. The Hall–Kier alpha value is -2.83. The van der Waals surface area contributed by atoms with E-state index < -0.39 is 0 Å². The Kier molecular flexibility index (Phi) is 6.06. The second-order valence-corrected chi connectivity index (χ2v) is 8.37. The minimum atomic E-state index is -0.0393. The number of nitrogens with zero attached hydrogens (tertiary/aromatic N) is 5. The first kappa shape index (κ1) is 20.4. The number of piperazine rings is 1. The van der Waals surface area contributed by atoms with Gasteiger partial charge >= 0.3 is 6.03 Å². The average Bonchev–Trinajstić information content (AvgIpc) is 2.77. The van der Waals surface area contributed by atoms with Crippen LogP contribution in [0.2, 0.25) is 0 Å². The van der Waals surface area contributed by atoms with E-state index in [1.165, 1.54) is 24.8 Å². The first-order chi connectivity index (χ1) is 14.5. The van der Waals surface area contributed by atoms with Crippen molar-refractivity contribution < 1.29 is 4.79 Å². The normalized spacial score (nSPS) is 17.2. The molecule has 2 aromatic rings. The number of nitrogens with one attached hydrogen (secondary N) is 1. The van der Waals surface area contributed by atoms with Crippen LogP contribution in [0.25, 0.3) is 0 Å². The van der Waals surface area contributed by atoms with Crippen LogP contribution in [0.3, 0.4) is 0 Å². The van der Waals surface area contributed by atoms with Gasteiger partial charge in [-0.2, -0.15) is 4.98 Å². The number of aromatic nitrogens is 2. The molecule has 3 heterocycles. The maximum atomic E-state index is 12.7. The van der Waals surface area contributed by atoms with Gasteiger partial charge in [-0.3, -0.25) is 0 Å². The number of aryl methyl sites for hydroxylation is 2. The first-order valence-electron chi connectivity index (χ1n) is 11.0. The average molecular weight is 409 g/mol. The van der Waals surface area contributed by atoms with E-state index in [1.807, 2.05) is 30.9 Å². The van der Waals surface area contributed by atoms with Gasteiger partial charge in [0.2, 0.25) is 5.95 Å². The van der Waals surface area contributed by atoms with Gasteiger partial charge in [0.1, 0.15) is 5.82 Å². The number of rotatable bonds is 3. The molecular weight excluding hydrogens is 376 g/mol. The van der Waals surface area contributed by atoms with Crippen molar-refractivity contribution in [3.05, 3.63) is 41.1 Å². The van der Waals surface area contributed by atoms with Crippen molar-refractivity contribution >= 4 is 23.5 Å². The summed E-state index contributed by atoms with van der Waals surface area (Å²) in [6.07, 6.45) is 3.76. The third-order valence-corrected chi connectivity index (χ3v) is 6.20. The zero-order valence-corrected chi connectivity index (χ0v) is 18.3. The number of urea groups is 1. The molecule has 2 fully saturated rings. The van der Waals surface area contributed by atoms with Crippen molar-refractivity contribution in [2.45, 2.75) is 40.0 Å². The number of piperidine rings is 1. The van der Waals surface area contributed by atoms with Crippen molar-refractivity contribution in [3.8, 4) is 0 Å². The highest BCUT2D eigenvalue weighted by molar-refractivity contribution is 5.90. The molecular formula is C23H32N6O. The summed E-state index contributed by atoms with van der Waals surface area (Å²) in [4.78, 5) is 28.7. The van der Waals surface area contributed by atoms with Crippen LogP contribution in [0.15, 0.2) is 24.3 Å². The van der Waals surface area contributed by atoms with E-state index >= 15 is 0 Å². The van der Waals surface area contributed by atoms with E-state index in [1.54, 1.807) is 0 Å². The molecule has 7 heteroatoms. The quantitative estimate of drug-likeness (QED) is 0.838. The Balaban J connectivity index is 1.39. The van der Waals surface area contributed by atoms with Crippen LogP contribution in [-0.4, -0.2) is 60.2 Å².